The van der Waals surface area contributed by atoms with E-state index >= 15 is 0 Å². The average molecular weight is 394 g/mol. The van der Waals surface area contributed by atoms with Crippen molar-refractivity contribution in [3.8, 4) is 0 Å². The van der Waals surface area contributed by atoms with Gasteiger partial charge in [-0.15, -0.1) is 0 Å². The number of carbonyl (C=O) groups excluding carboxylic acids is 4. The van der Waals surface area contributed by atoms with Gasteiger partial charge in [0.1, 0.15) is 0 Å². The van der Waals surface area contributed by atoms with Crippen LogP contribution in [0.3, 0.4) is 0 Å². The second-order valence-corrected chi connectivity index (χ2v) is 6.92. The van der Waals surface area contributed by atoms with E-state index in [0.29, 0.717) is 16.7 Å². The summed E-state index contributed by atoms with van der Waals surface area (Å²) in [5, 5.41) is 0. The molecule has 1 aliphatic heterocycles. The number of amides is 3. The molecule has 1 atom stereocenters. The van der Waals surface area contributed by atoms with Crippen LogP contribution < -0.4 is 0 Å². The number of carbonyl (C=O) groups is 4. The quantitative estimate of drug-likeness (QED) is 0.532. The third kappa shape index (κ3) is 4.34. The van der Waals surface area contributed by atoms with Gasteiger partial charge in [-0.1, -0.05) is 42.5 Å². The predicted molar refractivity (Wildman–Crippen MR) is 105 cm³/mol. The number of hydrogen-bond acceptors (Lipinski definition) is 5. The number of ether oxygens (including phenoxy) is 1. The Kier molecular flexibility index (Phi) is 6.07. The predicted octanol–water partition coefficient (Wildman–Crippen LogP) is 2.44. The average Bonchev–Trinajstić information content (AvgIpc) is 2.97. The van der Waals surface area contributed by atoms with Crippen molar-refractivity contribution in [2.45, 2.75) is 18.9 Å². The highest BCUT2D eigenvalue weighted by molar-refractivity contribution is 6.21. The van der Waals surface area contributed by atoms with Crippen LogP contribution in [0, 0.1) is 0 Å². The van der Waals surface area contributed by atoms with Gasteiger partial charge in [-0.05, 0) is 18.6 Å². The number of esters is 1. The first-order chi connectivity index (χ1) is 13.9. The zero-order valence-corrected chi connectivity index (χ0v) is 16.3. The zero-order chi connectivity index (χ0) is 21.0. The van der Waals surface area contributed by atoms with Gasteiger partial charge in [0.2, 0.25) is 6.10 Å². The monoisotopic (exact) mass is 394 g/mol. The molecule has 0 bridgehead atoms. The topological polar surface area (TPSA) is 84.0 Å². The summed E-state index contributed by atoms with van der Waals surface area (Å²) >= 11 is 0. The minimum atomic E-state index is -1.03. The van der Waals surface area contributed by atoms with Gasteiger partial charge in [-0.2, -0.15) is 0 Å². The summed E-state index contributed by atoms with van der Waals surface area (Å²) in [4.78, 5) is 52.0. The van der Waals surface area contributed by atoms with Gasteiger partial charge in [0.05, 0.1) is 11.1 Å². The van der Waals surface area contributed by atoms with Crippen LogP contribution in [0.25, 0.3) is 0 Å². The van der Waals surface area contributed by atoms with Gasteiger partial charge in [0.25, 0.3) is 17.7 Å². The fraction of sp³-hybridized carbons (Fsp3) is 0.273. The molecule has 0 aromatic heterocycles. The molecule has 3 rings (SSSR count). The highest BCUT2D eigenvalue weighted by Crippen LogP contribution is 2.23. The van der Waals surface area contributed by atoms with Crippen LogP contribution in [-0.4, -0.2) is 54.1 Å². The summed E-state index contributed by atoms with van der Waals surface area (Å²) in [7, 11) is 3.18. The van der Waals surface area contributed by atoms with E-state index in [4.69, 9.17) is 4.74 Å². The molecule has 1 heterocycles. The van der Waals surface area contributed by atoms with Crippen molar-refractivity contribution >= 4 is 23.7 Å². The Labute approximate surface area is 168 Å². The first kappa shape index (κ1) is 20.3. The summed E-state index contributed by atoms with van der Waals surface area (Å²) in [6.07, 6.45) is -0.794. The molecular weight excluding hydrogens is 372 g/mol. The lowest BCUT2D eigenvalue weighted by atomic mass is 10.1. The van der Waals surface area contributed by atoms with E-state index in [2.05, 4.69) is 0 Å². The van der Waals surface area contributed by atoms with Crippen molar-refractivity contribution in [3.63, 3.8) is 0 Å². The maximum absolute atomic E-state index is 12.4. The molecule has 0 fully saturated rings. The molecule has 0 N–H and O–H groups in total. The lowest BCUT2D eigenvalue weighted by molar-refractivity contribution is -0.159. The minimum Gasteiger partial charge on any atom is -0.447 e. The van der Waals surface area contributed by atoms with E-state index < -0.39 is 12.1 Å². The van der Waals surface area contributed by atoms with Crippen LogP contribution in [0.15, 0.2) is 54.6 Å². The molecule has 0 saturated heterocycles. The lowest BCUT2D eigenvalue weighted by Crippen LogP contribution is -2.32. The van der Waals surface area contributed by atoms with Crippen LogP contribution in [0.2, 0.25) is 0 Å². The smallest absolute Gasteiger partial charge is 0.306 e. The summed E-state index contributed by atoms with van der Waals surface area (Å²) in [6, 6.07) is 15.4. The van der Waals surface area contributed by atoms with Crippen LogP contribution in [-0.2, 0) is 14.3 Å². The number of nitrogens with zero attached hydrogens (tertiary/aromatic N) is 2. The Morgan fingerprint density at radius 1 is 0.931 bits per heavy atom. The number of likely N-dealkylation sites (N-methyl/N-ethyl adjacent to an activating group) is 1. The SMILES string of the molecule is CN(C)C(=O)[C@@H](OC(=O)CCCN1C(=O)c2ccccc2C1=O)c1ccccc1. The van der Waals surface area contributed by atoms with Crippen molar-refractivity contribution in [1.29, 1.82) is 0 Å². The maximum atomic E-state index is 12.4. The first-order valence-electron chi connectivity index (χ1n) is 9.31. The van der Waals surface area contributed by atoms with Crippen molar-refractivity contribution < 1.29 is 23.9 Å². The van der Waals surface area contributed by atoms with E-state index in [1.807, 2.05) is 6.07 Å². The zero-order valence-electron chi connectivity index (χ0n) is 16.3. The summed E-state index contributed by atoms with van der Waals surface area (Å²) in [5.74, 6) is -1.62. The van der Waals surface area contributed by atoms with E-state index in [9.17, 15) is 19.2 Å². The molecule has 0 unspecified atom stereocenters. The minimum absolute atomic E-state index is 0.0164. The van der Waals surface area contributed by atoms with E-state index in [1.165, 1.54) is 4.90 Å². The summed E-state index contributed by atoms with van der Waals surface area (Å²) in [5.41, 5.74) is 1.33. The Morgan fingerprint density at radius 3 is 2.03 bits per heavy atom. The van der Waals surface area contributed by atoms with Crippen molar-refractivity contribution in [2.75, 3.05) is 20.6 Å². The Bertz CT molecular complexity index is 904. The molecule has 0 radical (unpaired) electrons. The molecule has 150 valence electrons. The molecule has 7 heteroatoms. The summed E-state index contributed by atoms with van der Waals surface area (Å²) < 4.78 is 5.42. The van der Waals surface area contributed by atoms with Crippen molar-refractivity contribution in [3.05, 3.63) is 71.3 Å². The van der Waals surface area contributed by atoms with Gasteiger partial charge >= 0.3 is 5.97 Å². The fourth-order valence-electron chi connectivity index (χ4n) is 3.14. The normalized spacial score (nSPS) is 13.8. The molecule has 3 amide bonds. The maximum Gasteiger partial charge on any atom is 0.306 e. The first-order valence-corrected chi connectivity index (χ1v) is 9.31. The van der Waals surface area contributed by atoms with Crippen LogP contribution in [0.4, 0.5) is 0 Å². The van der Waals surface area contributed by atoms with Gasteiger partial charge in [0, 0.05) is 32.6 Å². The Balaban J connectivity index is 1.58. The van der Waals surface area contributed by atoms with Crippen LogP contribution in [0.1, 0.15) is 45.2 Å². The number of benzene rings is 2. The van der Waals surface area contributed by atoms with Crippen LogP contribution >= 0.6 is 0 Å². The number of hydrogen-bond donors (Lipinski definition) is 0. The molecule has 2 aromatic carbocycles. The van der Waals surface area contributed by atoms with E-state index in [-0.39, 0.29) is 37.1 Å². The van der Waals surface area contributed by atoms with E-state index in [0.717, 1.165) is 4.90 Å². The van der Waals surface area contributed by atoms with Crippen molar-refractivity contribution in [1.82, 2.24) is 9.80 Å². The number of rotatable bonds is 7. The molecule has 7 nitrogen and oxygen atoms in total. The van der Waals surface area contributed by atoms with Gasteiger partial charge in [-0.25, -0.2) is 0 Å². The molecule has 1 aliphatic rings. The number of fused-ring (bicyclic) bond motifs is 1. The molecule has 0 spiro atoms. The van der Waals surface area contributed by atoms with Gasteiger partial charge in [-0.3, -0.25) is 24.1 Å². The lowest BCUT2D eigenvalue weighted by Gasteiger charge is -2.21. The molecular formula is C22H22N2O5. The molecule has 29 heavy (non-hydrogen) atoms. The van der Waals surface area contributed by atoms with Crippen molar-refractivity contribution in [2.24, 2.45) is 0 Å². The highest BCUT2D eigenvalue weighted by Gasteiger charge is 2.34. The number of imide groups is 1. The second kappa shape index (κ2) is 8.68. The summed E-state index contributed by atoms with van der Waals surface area (Å²) in [6.45, 7) is 0.110. The second-order valence-electron chi connectivity index (χ2n) is 6.92. The third-order valence-electron chi connectivity index (χ3n) is 4.66. The third-order valence-corrected chi connectivity index (χ3v) is 4.66. The fourth-order valence-corrected chi connectivity index (χ4v) is 3.14. The highest BCUT2D eigenvalue weighted by atomic mass is 16.5. The molecule has 0 aliphatic carbocycles. The largest absolute Gasteiger partial charge is 0.447 e. The molecule has 0 saturated carbocycles. The van der Waals surface area contributed by atoms with Crippen LogP contribution in [0.5, 0.6) is 0 Å². The van der Waals surface area contributed by atoms with Gasteiger partial charge < -0.3 is 9.64 Å². The van der Waals surface area contributed by atoms with Gasteiger partial charge in [0.15, 0.2) is 0 Å². The standard InChI is InChI=1S/C22H22N2O5/c1-23(2)22(28)19(15-9-4-3-5-10-15)29-18(25)13-8-14-24-20(26)16-11-6-7-12-17(16)21(24)27/h3-7,9-12,19H,8,13-14H2,1-2H3/t19-/m0/s1. The molecule has 2 aromatic rings. The Hall–Kier alpha value is -3.48. The van der Waals surface area contributed by atoms with E-state index in [1.54, 1.807) is 62.6 Å². The Morgan fingerprint density at radius 2 is 1.48 bits per heavy atom.